The summed E-state index contributed by atoms with van der Waals surface area (Å²) in [6.07, 6.45) is 2.31. The average Bonchev–Trinajstić information content (AvgIpc) is 3.05. The number of para-hydroxylation sites is 2. The topological polar surface area (TPSA) is 57.0 Å². The van der Waals surface area contributed by atoms with Crippen molar-refractivity contribution in [1.82, 2.24) is 14.5 Å². The van der Waals surface area contributed by atoms with Crippen LogP contribution >= 0.6 is 0 Å². The summed E-state index contributed by atoms with van der Waals surface area (Å²) in [5.41, 5.74) is 2.94. The zero-order valence-corrected chi connectivity index (χ0v) is 14.9. The van der Waals surface area contributed by atoms with Crippen LogP contribution in [0.2, 0.25) is 0 Å². The summed E-state index contributed by atoms with van der Waals surface area (Å²) in [4.78, 5) is 21.2. The number of aryl methyl sites for hydroxylation is 1. The maximum absolute atomic E-state index is 13.9. The summed E-state index contributed by atoms with van der Waals surface area (Å²) in [6, 6.07) is 14.0. The number of rotatable bonds is 5. The fourth-order valence-electron chi connectivity index (χ4n) is 3.22. The predicted molar refractivity (Wildman–Crippen MR) is 101 cm³/mol. The molecule has 0 aliphatic carbocycles. The molecule has 4 aromatic rings. The Morgan fingerprint density at radius 3 is 2.85 bits per heavy atom. The summed E-state index contributed by atoms with van der Waals surface area (Å²) < 4.78 is 21.2. The number of hydrogen-bond acceptors (Lipinski definition) is 4. The fourth-order valence-corrected chi connectivity index (χ4v) is 3.22. The lowest BCUT2D eigenvalue weighted by Crippen LogP contribution is -2.15. The molecule has 0 saturated carbocycles. The van der Waals surface area contributed by atoms with Crippen LogP contribution in [0.1, 0.15) is 18.3 Å². The van der Waals surface area contributed by atoms with E-state index in [0.717, 1.165) is 16.9 Å². The van der Waals surface area contributed by atoms with Gasteiger partial charge in [-0.3, -0.25) is 9.78 Å². The molecule has 0 aliphatic heterocycles. The molecule has 6 heteroatoms. The van der Waals surface area contributed by atoms with Crippen LogP contribution in [0.25, 0.3) is 21.9 Å². The molecule has 0 saturated heterocycles. The third-order valence-corrected chi connectivity index (χ3v) is 4.53. The molecule has 2 aromatic heterocycles. The van der Waals surface area contributed by atoms with Crippen LogP contribution in [0.3, 0.4) is 0 Å². The number of esters is 1. The van der Waals surface area contributed by atoms with E-state index in [1.54, 1.807) is 24.4 Å². The molecule has 0 aliphatic rings. The Bertz CT molecular complexity index is 1140. The number of carbonyl (C=O) groups excluding carboxylic acids is 1. The third kappa shape index (κ3) is 3.26. The summed E-state index contributed by atoms with van der Waals surface area (Å²) >= 11 is 0. The normalized spacial score (nSPS) is 11.2. The highest BCUT2D eigenvalue weighted by Crippen LogP contribution is 2.21. The van der Waals surface area contributed by atoms with Crippen LogP contribution in [0.15, 0.2) is 54.7 Å². The van der Waals surface area contributed by atoms with Gasteiger partial charge >= 0.3 is 5.97 Å². The van der Waals surface area contributed by atoms with E-state index in [9.17, 15) is 9.18 Å². The van der Waals surface area contributed by atoms with Gasteiger partial charge in [0.15, 0.2) is 0 Å². The molecule has 0 N–H and O–H groups in total. The Morgan fingerprint density at radius 2 is 2.00 bits per heavy atom. The lowest BCUT2D eigenvalue weighted by molar-refractivity contribution is -0.145. The van der Waals surface area contributed by atoms with Gasteiger partial charge in [-0.15, -0.1) is 0 Å². The number of hydrogen-bond donors (Lipinski definition) is 0. The second kappa shape index (κ2) is 7.15. The number of aromatic nitrogens is 3. The first kappa shape index (κ1) is 17.1. The fraction of sp³-hybridized carbons (Fsp3) is 0.190. The Hall–Kier alpha value is -3.28. The minimum absolute atomic E-state index is 0.0424. The third-order valence-electron chi connectivity index (χ3n) is 4.53. The Labute approximate surface area is 155 Å². The Morgan fingerprint density at radius 1 is 1.15 bits per heavy atom. The van der Waals surface area contributed by atoms with Crippen molar-refractivity contribution >= 4 is 27.9 Å². The van der Waals surface area contributed by atoms with Gasteiger partial charge < -0.3 is 9.30 Å². The molecule has 2 aromatic carbocycles. The van der Waals surface area contributed by atoms with Crippen LogP contribution in [-0.4, -0.2) is 20.5 Å². The molecule has 0 spiro atoms. The lowest BCUT2D eigenvalue weighted by Gasteiger charge is -2.10. The molecule has 2 heterocycles. The molecule has 0 atom stereocenters. The number of carbonyl (C=O) groups is 1. The van der Waals surface area contributed by atoms with Gasteiger partial charge in [0.2, 0.25) is 0 Å². The van der Waals surface area contributed by atoms with Crippen molar-refractivity contribution in [3.63, 3.8) is 0 Å². The van der Waals surface area contributed by atoms with Crippen molar-refractivity contribution in [2.45, 2.75) is 26.5 Å². The molecule has 0 fully saturated rings. The van der Waals surface area contributed by atoms with E-state index in [4.69, 9.17) is 4.74 Å². The maximum atomic E-state index is 13.9. The minimum Gasteiger partial charge on any atom is -0.459 e. The van der Waals surface area contributed by atoms with Crippen LogP contribution in [0.4, 0.5) is 4.39 Å². The van der Waals surface area contributed by atoms with Crippen molar-refractivity contribution in [3.05, 3.63) is 71.9 Å². The molecule has 0 radical (unpaired) electrons. The number of pyridine rings is 1. The molecule has 0 unspecified atom stereocenters. The maximum Gasteiger partial charge on any atom is 0.326 e. The molecule has 5 nitrogen and oxygen atoms in total. The Balaban J connectivity index is 1.54. The van der Waals surface area contributed by atoms with Crippen LogP contribution in [0, 0.1) is 5.82 Å². The number of fused-ring (bicyclic) bond motifs is 2. The molecular formula is C21H18FN3O2. The van der Waals surface area contributed by atoms with Crippen LogP contribution < -0.4 is 0 Å². The number of ether oxygens (including phenoxy) is 1. The predicted octanol–water partition coefficient (Wildman–Crippen LogP) is 4.03. The summed E-state index contributed by atoms with van der Waals surface area (Å²) in [7, 11) is 0. The number of nitrogens with zero attached hydrogens (tertiary/aromatic N) is 3. The molecule has 0 bridgehead atoms. The van der Waals surface area contributed by atoms with Crippen molar-refractivity contribution in [1.29, 1.82) is 0 Å². The highest BCUT2D eigenvalue weighted by atomic mass is 19.1. The second-order valence-corrected chi connectivity index (χ2v) is 6.22. The van der Waals surface area contributed by atoms with Crippen molar-refractivity contribution in [2.75, 3.05) is 0 Å². The van der Waals surface area contributed by atoms with Gasteiger partial charge in [0.25, 0.3) is 0 Å². The van der Waals surface area contributed by atoms with E-state index >= 15 is 0 Å². The van der Waals surface area contributed by atoms with Gasteiger partial charge in [-0.2, -0.15) is 0 Å². The standard InChI is InChI=1S/C21H18FN3O2/c1-2-19-24-17-7-3-4-8-18(17)25(19)12-20(26)27-13-14-9-10-16(22)15-6-5-11-23-21(14)15/h3-11H,2,12-13H2,1H3. The van der Waals surface area contributed by atoms with Gasteiger partial charge in [-0.05, 0) is 30.3 Å². The monoisotopic (exact) mass is 363 g/mol. The first-order valence-electron chi connectivity index (χ1n) is 8.79. The van der Waals surface area contributed by atoms with E-state index in [2.05, 4.69) is 9.97 Å². The zero-order valence-electron chi connectivity index (χ0n) is 14.9. The SMILES string of the molecule is CCc1nc2ccccc2n1CC(=O)OCc1ccc(F)c2cccnc12. The number of halogens is 1. The highest BCUT2D eigenvalue weighted by molar-refractivity contribution is 5.82. The van der Waals surface area contributed by atoms with Crippen LogP contribution in [0.5, 0.6) is 0 Å². The van der Waals surface area contributed by atoms with Gasteiger partial charge in [-0.1, -0.05) is 25.1 Å². The zero-order chi connectivity index (χ0) is 18.8. The van der Waals surface area contributed by atoms with Gasteiger partial charge in [0.05, 0.1) is 16.6 Å². The Kier molecular flexibility index (Phi) is 4.54. The molecule has 136 valence electrons. The molecule has 0 amide bonds. The van der Waals surface area contributed by atoms with E-state index in [1.165, 1.54) is 6.07 Å². The second-order valence-electron chi connectivity index (χ2n) is 6.22. The first-order chi connectivity index (χ1) is 13.2. The molecular weight excluding hydrogens is 345 g/mol. The largest absolute Gasteiger partial charge is 0.459 e. The summed E-state index contributed by atoms with van der Waals surface area (Å²) in [6.45, 7) is 2.12. The lowest BCUT2D eigenvalue weighted by atomic mass is 10.1. The molecule has 27 heavy (non-hydrogen) atoms. The minimum atomic E-state index is -0.374. The van der Waals surface area contributed by atoms with Gasteiger partial charge in [0.1, 0.15) is 24.8 Å². The number of benzene rings is 2. The molecule has 4 rings (SSSR count). The van der Waals surface area contributed by atoms with Crippen molar-refractivity contribution < 1.29 is 13.9 Å². The average molecular weight is 363 g/mol. The van der Waals surface area contributed by atoms with E-state index in [1.807, 2.05) is 35.8 Å². The van der Waals surface area contributed by atoms with E-state index in [-0.39, 0.29) is 24.9 Å². The number of imidazole rings is 1. The summed E-state index contributed by atoms with van der Waals surface area (Å²) in [5, 5.41) is 0.417. The van der Waals surface area contributed by atoms with E-state index < -0.39 is 0 Å². The highest BCUT2D eigenvalue weighted by Gasteiger charge is 2.14. The van der Waals surface area contributed by atoms with Gasteiger partial charge in [0, 0.05) is 23.6 Å². The summed E-state index contributed by atoms with van der Waals surface area (Å²) in [5.74, 6) is 0.119. The van der Waals surface area contributed by atoms with E-state index in [0.29, 0.717) is 22.9 Å². The smallest absolute Gasteiger partial charge is 0.326 e. The quantitative estimate of drug-likeness (QED) is 0.502. The van der Waals surface area contributed by atoms with Crippen molar-refractivity contribution in [2.24, 2.45) is 0 Å². The first-order valence-corrected chi connectivity index (χ1v) is 8.79. The van der Waals surface area contributed by atoms with Crippen LogP contribution in [-0.2, 0) is 29.1 Å². The van der Waals surface area contributed by atoms with Gasteiger partial charge in [-0.25, -0.2) is 9.37 Å². The van der Waals surface area contributed by atoms with Crippen molar-refractivity contribution in [3.8, 4) is 0 Å².